The summed E-state index contributed by atoms with van der Waals surface area (Å²) < 4.78 is 36.3. The number of nitrogens with zero attached hydrogens (tertiary/aromatic N) is 1. The summed E-state index contributed by atoms with van der Waals surface area (Å²) >= 11 is 8.97. The molecule has 1 aromatic carbocycles. The molecule has 4 nitrogen and oxygen atoms in total. The Morgan fingerprint density at radius 2 is 2.10 bits per heavy atom. The van der Waals surface area contributed by atoms with Gasteiger partial charge in [0.1, 0.15) is 5.82 Å². The zero-order chi connectivity index (χ0) is 15.1. The average molecular weight is 405 g/mol. The number of carbonyl (C=O) groups is 1. The van der Waals surface area contributed by atoms with Crippen molar-refractivity contribution in [3.8, 4) is 0 Å². The van der Waals surface area contributed by atoms with E-state index in [1.54, 1.807) is 0 Å². The van der Waals surface area contributed by atoms with E-state index < -0.39 is 20.8 Å². The molecule has 1 heterocycles. The second kappa shape index (κ2) is 5.79. The van der Waals surface area contributed by atoms with Crippen molar-refractivity contribution in [3.05, 3.63) is 27.4 Å². The highest BCUT2D eigenvalue weighted by Gasteiger charge is 2.34. The maximum atomic E-state index is 13.9. The summed E-state index contributed by atoms with van der Waals surface area (Å²) in [6.45, 7) is 0.0969. The maximum absolute atomic E-state index is 13.9. The van der Waals surface area contributed by atoms with Crippen molar-refractivity contribution < 1.29 is 17.6 Å². The molecule has 0 saturated carbocycles. The van der Waals surface area contributed by atoms with Gasteiger partial charge in [-0.2, -0.15) is 0 Å². The van der Waals surface area contributed by atoms with Crippen molar-refractivity contribution in [2.75, 3.05) is 17.2 Å². The van der Waals surface area contributed by atoms with Crippen LogP contribution in [0.4, 0.5) is 10.1 Å². The molecule has 1 unspecified atom stereocenters. The highest BCUT2D eigenvalue weighted by atomic mass is 79.9. The molecule has 0 aromatic heterocycles. The van der Waals surface area contributed by atoms with Crippen molar-refractivity contribution in [1.29, 1.82) is 0 Å². The van der Waals surface area contributed by atoms with Gasteiger partial charge in [0, 0.05) is 34.0 Å². The van der Waals surface area contributed by atoms with E-state index in [1.165, 1.54) is 11.0 Å². The van der Waals surface area contributed by atoms with Gasteiger partial charge < -0.3 is 4.90 Å². The molecule has 0 aliphatic carbocycles. The molecule has 0 spiro atoms. The molecule has 2 rings (SSSR count). The summed E-state index contributed by atoms with van der Waals surface area (Å²) in [6, 6.07) is 2.49. The minimum atomic E-state index is -3.70. The van der Waals surface area contributed by atoms with Crippen molar-refractivity contribution in [3.63, 3.8) is 0 Å². The number of carbonyl (C=O) groups excluding carboxylic acids is 1. The van der Waals surface area contributed by atoms with Crippen molar-refractivity contribution in [1.82, 2.24) is 0 Å². The first kappa shape index (κ1) is 16.0. The monoisotopic (exact) mass is 403 g/mol. The van der Waals surface area contributed by atoms with Gasteiger partial charge in [-0.25, -0.2) is 12.8 Å². The molecule has 0 radical (unpaired) electrons. The summed E-state index contributed by atoms with van der Waals surface area (Å²) in [7, 11) is 1.48. The normalized spacial score (nSPS) is 19.7. The van der Waals surface area contributed by atoms with Crippen LogP contribution in [0.5, 0.6) is 0 Å². The van der Waals surface area contributed by atoms with E-state index in [2.05, 4.69) is 15.9 Å². The number of hydrogen-bond donors (Lipinski definition) is 0. The van der Waals surface area contributed by atoms with Crippen LogP contribution in [0.15, 0.2) is 16.6 Å². The minimum Gasteiger partial charge on any atom is -0.309 e. The third kappa shape index (κ3) is 3.63. The molecule has 1 amide bonds. The van der Waals surface area contributed by atoms with E-state index in [0.717, 1.165) is 6.07 Å². The fraction of sp³-hybridized carbons (Fsp3) is 0.364. The van der Waals surface area contributed by atoms with Crippen LogP contribution in [0, 0.1) is 11.7 Å². The van der Waals surface area contributed by atoms with E-state index in [0.29, 0.717) is 4.47 Å². The van der Waals surface area contributed by atoms with E-state index in [4.69, 9.17) is 22.3 Å². The SMILES string of the molecule is O=C1CC(CS(=O)(=O)Cl)CN1c1cc(Cl)c(Br)cc1F. The first-order valence-corrected chi connectivity index (χ1v) is 9.19. The third-order valence-electron chi connectivity index (χ3n) is 2.92. The second-order valence-corrected chi connectivity index (χ2v) is 8.58. The molecule has 1 aromatic rings. The Bertz CT molecular complexity index is 668. The lowest BCUT2D eigenvalue weighted by Crippen LogP contribution is -2.26. The second-order valence-electron chi connectivity index (χ2n) is 4.50. The van der Waals surface area contributed by atoms with Crippen LogP contribution in [0.25, 0.3) is 0 Å². The maximum Gasteiger partial charge on any atom is 0.232 e. The topological polar surface area (TPSA) is 54.5 Å². The lowest BCUT2D eigenvalue weighted by atomic mass is 10.1. The summed E-state index contributed by atoms with van der Waals surface area (Å²) in [4.78, 5) is 13.1. The average Bonchev–Trinajstić information content (AvgIpc) is 2.62. The van der Waals surface area contributed by atoms with Crippen LogP contribution in [-0.4, -0.2) is 26.6 Å². The third-order valence-corrected chi connectivity index (χ3v) is 5.37. The predicted octanol–water partition coefficient (Wildman–Crippen LogP) is 3.16. The minimum absolute atomic E-state index is 0.0130. The van der Waals surface area contributed by atoms with E-state index in [1.807, 2.05) is 0 Å². The van der Waals surface area contributed by atoms with Gasteiger partial charge in [-0.15, -0.1) is 0 Å². The Balaban J connectivity index is 2.26. The molecule has 9 heteroatoms. The predicted molar refractivity (Wildman–Crippen MR) is 79.2 cm³/mol. The molecule has 1 saturated heterocycles. The fourth-order valence-electron chi connectivity index (χ4n) is 2.13. The van der Waals surface area contributed by atoms with Gasteiger partial charge in [0.2, 0.25) is 15.0 Å². The molecular formula is C11H9BrCl2FNO3S. The first-order valence-electron chi connectivity index (χ1n) is 5.54. The molecule has 20 heavy (non-hydrogen) atoms. The van der Waals surface area contributed by atoms with Crippen LogP contribution >= 0.6 is 38.2 Å². The Morgan fingerprint density at radius 3 is 2.70 bits per heavy atom. The molecule has 110 valence electrons. The molecule has 1 fully saturated rings. The summed E-state index contributed by atoms with van der Waals surface area (Å²) in [5.74, 6) is -1.73. The van der Waals surface area contributed by atoms with Crippen molar-refractivity contribution in [2.45, 2.75) is 6.42 Å². The van der Waals surface area contributed by atoms with Gasteiger partial charge in [-0.1, -0.05) is 11.6 Å². The van der Waals surface area contributed by atoms with E-state index in [-0.39, 0.29) is 35.3 Å². The number of amides is 1. The lowest BCUT2D eigenvalue weighted by Gasteiger charge is -2.18. The van der Waals surface area contributed by atoms with Crippen molar-refractivity contribution in [2.24, 2.45) is 5.92 Å². The number of benzene rings is 1. The first-order chi connectivity index (χ1) is 9.17. The number of hydrogen-bond acceptors (Lipinski definition) is 3. The number of anilines is 1. The Hall–Kier alpha value is -0.370. The highest BCUT2D eigenvalue weighted by Crippen LogP contribution is 2.34. The van der Waals surface area contributed by atoms with Gasteiger partial charge in [-0.3, -0.25) is 4.79 Å². The molecule has 1 aliphatic rings. The lowest BCUT2D eigenvalue weighted by molar-refractivity contribution is -0.117. The summed E-state index contributed by atoms with van der Waals surface area (Å²) in [5.41, 5.74) is 0.0395. The molecular weight excluding hydrogens is 396 g/mol. The van der Waals surface area contributed by atoms with Crippen LogP contribution in [0.3, 0.4) is 0 Å². The van der Waals surface area contributed by atoms with Gasteiger partial charge in [0.25, 0.3) is 0 Å². The Labute approximate surface area is 133 Å². The van der Waals surface area contributed by atoms with Crippen LogP contribution in [0.2, 0.25) is 5.02 Å². The zero-order valence-electron chi connectivity index (χ0n) is 9.95. The smallest absolute Gasteiger partial charge is 0.232 e. The largest absolute Gasteiger partial charge is 0.309 e. The molecule has 0 bridgehead atoms. The van der Waals surface area contributed by atoms with Crippen molar-refractivity contribution >= 4 is 58.9 Å². The fourth-order valence-corrected chi connectivity index (χ4v) is 3.92. The van der Waals surface area contributed by atoms with Gasteiger partial charge >= 0.3 is 0 Å². The van der Waals surface area contributed by atoms with Crippen LogP contribution in [-0.2, 0) is 13.8 Å². The molecule has 0 N–H and O–H groups in total. The molecule has 1 aliphatic heterocycles. The van der Waals surface area contributed by atoms with Gasteiger partial charge in [0.05, 0.1) is 16.5 Å². The Kier molecular flexibility index (Phi) is 4.63. The number of rotatable bonds is 3. The standard InChI is InChI=1S/C11H9BrCl2FNO3S/c12-7-2-9(15)10(3-8(7)13)16-4-6(1-11(16)17)5-20(14,18)19/h2-3,6H,1,4-5H2. The zero-order valence-corrected chi connectivity index (χ0v) is 13.9. The summed E-state index contributed by atoms with van der Waals surface area (Å²) in [6.07, 6.45) is 0.0130. The van der Waals surface area contributed by atoms with Gasteiger partial charge in [-0.05, 0) is 28.1 Å². The van der Waals surface area contributed by atoms with Gasteiger partial charge in [0.15, 0.2) is 0 Å². The Morgan fingerprint density at radius 1 is 1.45 bits per heavy atom. The highest BCUT2D eigenvalue weighted by molar-refractivity contribution is 9.10. The number of halogens is 4. The van der Waals surface area contributed by atoms with E-state index in [9.17, 15) is 17.6 Å². The van der Waals surface area contributed by atoms with E-state index >= 15 is 0 Å². The van der Waals surface area contributed by atoms with Crippen LogP contribution in [0.1, 0.15) is 6.42 Å². The summed E-state index contributed by atoms with van der Waals surface area (Å²) in [5, 5.41) is 0.266. The quantitative estimate of drug-likeness (QED) is 0.574. The van der Waals surface area contributed by atoms with Crippen LogP contribution < -0.4 is 4.90 Å². The molecule has 1 atom stereocenters.